The lowest BCUT2D eigenvalue weighted by Crippen LogP contribution is -2.47. The van der Waals surface area contributed by atoms with Crippen molar-refractivity contribution in [1.29, 1.82) is 0 Å². The van der Waals surface area contributed by atoms with E-state index in [4.69, 9.17) is 0 Å². The summed E-state index contributed by atoms with van der Waals surface area (Å²) in [6, 6.07) is 4.60. The molecule has 152 valence electrons. The Morgan fingerprint density at radius 2 is 1.79 bits per heavy atom. The number of hydrogen-bond acceptors (Lipinski definition) is 4. The van der Waals surface area contributed by atoms with Gasteiger partial charge in [0.1, 0.15) is 5.82 Å². The minimum absolute atomic E-state index is 0.0427. The van der Waals surface area contributed by atoms with Gasteiger partial charge in [0.05, 0.1) is 12.5 Å². The summed E-state index contributed by atoms with van der Waals surface area (Å²) in [5, 5.41) is 13.3. The molecular weight excluding hydrogens is 365 g/mol. The van der Waals surface area contributed by atoms with Crippen molar-refractivity contribution in [2.45, 2.75) is 51.0 Å². The first-order valence-corrected chi connectivity index (χ1v) is 9.80. The van der Waals surface area contributed by atoms with Crippen molar-refractivity contribution >= 4 is 18.2 Å². The van der Waals surface area contributed by atoms with Crippen LogP contribution >= 0.6 is 0 Å². The molecule has 1 saturated heterocycles. The number of carbonyl (C=O) groups excluding carboxylic acids is 3. The molecule has 1 saturated carbocycles. The van der Waals surface area contributed by atoms with Gasteiger partial charge in [0.25, 0.3) is 5.91 Å². The molecule has 1 aliphatic heterocycles. The molecule has 1 N–H and O–H groups in total. The number of halogens is 1. The summed E-state index contributed by atoms with van der Waals surface area (Å²) in [6.45, 7) is 0.792. The van der Waals surface area contributed by atoms with E-state index in [-0.39, 0.29) is 18.2 Å². The second-order valence-corrected chi connectivity index (χ2v) is 7.54. The van der Waals surface area contributed by atoms with Crippen LogP contribution in [0.1, 0.15) is 55.3 Å². The Hall–Kier alpha value is -2.48. The number of hydrogen-bond donors (Lipinski definition) is 1. The van der Waals surface area contributed by atoms with Crippen LogP contribution in [0.4, 0.5) is 4.39 Å². The van der Waals surface area contributed by atoms with E-state index in [1.165, 1.54) is 34.3 Å². The van der Waals surface area contributed by atoms with Gasteiger partial charge < -0.3 is 0 Å². The van der Waals surface area contributed by atoms with E-state index in [1.54, 1.807) is 0 Å². The largest absolute Gasteiger partial charge is 0.286 e. The van der Waals surface area contributed by atoms with E-state index in [0.29, 0.717) is 48.9 Å². The summed E-state index contributed by atoms with van der Waals surface area (Å²) in [7, 11) is 0. The zero-order valence-electron chi connectivity index (χ0n) is 15.8. The molecule has 1 unspecified atom stereocenters. The van der Waals surface area contributed by atoms with Gasteiger partial charge in [-0.15, -0.1) is 0 Å². The van der Waals surface area contributed by atoms with Crippen LogP contribution in [0.3, 0.4) is 0 Å². The van der Waals surface area contributed by atoms with Crippen LogP contribution in [0.2, 0.25) is 0 Å². The molecule has 0 bridgehead atoms. The lowest BCUT2D eigenvalue weighted by Gasteiger charge is -2.31. The van der Waals surface area contributed by atoms with E-state index in [1.807, 2.05) is 0 Å². The summed E-state index contributed by atoms with van der Waals surface area (Å²) in [6.07, 6.45) is 5.83. The second-order valence-electron chi connectivity index (χ2n) is 7.54. The molecule has 0 spiro atoms. The third-order valence-electron chi connectivity index (χ3n) is 5.62. The highest BCUT2D eigenvalue weighted by atomic mass is 19.1. The molecule has 2 fully saturated rings. The SMILES string of the molecule is O=CN(O)C(CC(=O)N1CCCN1C(=O)c1ccc(F)cc1)CC1CCCC1. The summed E-state index contributed by atoms with van der Waals surface area (Å²) in [5.41, 5.74) is 0.306. The van der Waals surface area contributed by atoms with Crippen LogP contribution < -0.4 is 0 Å². The maximum absolute atomic E-state index is 13.1. The molecule has 28 heavy (non-hydrogen) atoms. The van der Waals surface area contributed by atoms with Gasteiger partial charge in [0, 0.05) is 18.7 Å². The van der Waals surface area contributed by atoms with Gasteiger partial charge in [-0.05, 0) is 43.0 Å². The minimum atomic E-state index is -0.600. The van der Waals surface area contributed by atoms with Crippen LogP contribution in [0.15, 0.2) is 24.3 Å². The average Bonchev–Trinajstić information content (AvgIpc) is 3.38. The number of hydrazine groups is 1. The Morgan fingerprint density at radius 3 is 2.43 bits per heavy atom. The molecule has 0 radical (unpaired) electrons. The fourth-order valence-electron chi connectivity index (χ4n) is 4.13. The van der Waals surface area contributed by atoms with Crippen molar-refractivity contribution in [3.05, 3.63) is 35.6 Å². The molecule has 0 aromatic heterocycles. The topological polar surface area (TPSA) is 81.2 Å². The fraction of sp³-hybridized carbons (Fsp3) is 0.550. The standard InChI is InChI=1S/C20H26FN3O4/c21-17-8-6-16(7-9-17)20(27)23-11-3-10-22(23)19(26)13-18(24(28)14-25)12-15-4-1-2-5-15/h6-9,14-15,18,28H,1-5,10-13H2. The number of carbonyl (C=O) groups is 3. The van der Waals surface area contributed by atoms with Crippen LogP contribution in [0.5, 0.6) is 0 Å². The molecule has 3 amide bonds. The number of rotatable bonds is 7. The molecular formula is C20H26FN3O4. The summed E-state index contributed by atoms with van der Waals surface area (Å²) >= 11 is 0. The summed E-state index contributed by atoms with van der Waals surface area (Å²) in [5.74, 6) is -0.716. The van der Waals surface area contributed by atoms with Gasteiger partial charge in [-0.2, -0.15) is 0 Å². The van der Waals surface area contributed by atoms with Crippen LogP contribution in [-0.4, -0.2) is 57.6 Å². The molecule has 8 heteroatoms. The predicted octanol–water partition coefficient (Wildman–Crippen LogP) is 2.60. The van der Waals surface area contributed by atoms with E-state index < -0.39 is 11.9 Å². The van der Waals surface area contributed by atoms with E-state index >= 15 is 0 Å². The minimum Gasteiger partial charge on any atom is -0.286 e. The normalized spacial score (nSPS) is 18.4. The highest BCUT2D eigenvalue weighted by Gasteiger charge is 2.34. The van der Waals surface area contributed by atoms with Crippen LogP contribution in [0.25, 0.3) is 0 Å². The molecule has 2 aliphatic rings. The monoisotopic (exact) mass is 391 g/mol. The Labute approximate surface area is 163 Å². The van der Waals surface area contributed by atoms with Crippen molar-refractivity contribution in [2.75, 3.05) is 13.1 Å². The van der Waals surface area contributed by atoms with Crippen molar-refractivity contribution in [2.24, 2.45) is 5.92 Å². The summed E-state index contributed by atoms with van der Waals surface area (Å²) in [4.78, 5) is 36.7. The maximum Gasteiger partial charge on any atom is 0.272 e. The Morgan fingerprint density at radius 1 is 1.14 bits per heavy atom. The molecule has 1 heterocycles. The molecule has 1 atom stereocenters. The van der Waals surface area contributed by atoms with Crippen molar-refractivity contribution in [1.82, 2.24) is 15.1 Å². The molecule has 3 rings (SSSR count). The summed E-state index contributed by atoms with van der Waals surface area (Å²) < 4.78 is 13.1. The maximum atomic E-state index is 13.1. The Kier molecular flexibility index (Phi) is 6.61. The molecule has 1 aromatic carbocycles. The third-order valence-corrected chi connectivity index (χ3v) is 5.62. The number of benzene rings is 1. The molecule has 7 nitrogen and oxygen atoms in total. The third kappa shape index (κ3) is 4.67. The highest BCUT2D eigenvalue weighted by molar-refractivity contribution is 5.95. The number of nitrogens with zero attached hydrogens (tertiary/aromatic N) is 3. The first-order valence-electron chi connectivity index (χ1n) is 9.80. The first-order chi connectivity index (χ1) is 13.5. The smallest absolute Gasteiger partial charge is 0.272 e. The van der Waals surface area contributed by atoms with Crippen molar-refractivity contribution in [3.63, 3.8) is 0 Å². The van der Waals surface area contributed by atoms with Gasteiger partial charge in [-0.1, -0.05) is 25.7 Å². The van der Waals surface area contributed by atoms with E-state index in [9.17, 15) is 24.0 Å². The fourth-order valence-corrected chi connectivity index (χ4v) is 4.13. The molecule has 1 aliphatic carbocycles. The second kappa shape index (κ2) is 9.14. The Balaban J connectivity index is 1.67. The lowest BCUT2D eigenvalue weighted by atomic mass is 9.96. The van der Waals surface area contributed by atoms with Crippen molar-refractivity contribution in [3.8, 4) is 0 Å². The Bertz CT molecular complexity index is 706. The molecule has 1 aromatic rings. The van der Waals surface area contributed by atoms with Gasteiger partial charge in [-0.3, -0.25) is 24.6 Å². The van der Waals surface area contributed by atoms with Crippen molar-refractivity contribution < 1.29 is 24.0 Å². The van der Waals surface area contributed by atoms with E-state index in [0.717, 1.165) is 25.7 Å². The lowest BCUT2D eigenvalue weighted by molar-refractivity contribution is -0.166. The van der Waals surface area contributed by atoms with E-state index in [2.05, 4.69) is 0 Å². The van der Waals surface area contributed by atoms with Gasteiger partial charge in [0.2, 0.25) is 12.3 Å². The number of amides is 3. The average molecular weight is 391 g/mol. The zero-order chi connectivity index (χ0) is 20.1. The quantitative estimate of drug-likeness (QED) is 0.440. The van der Waals surface area contributed by atoms with Crippen LogP contribution in [0, 0.1) is 11.7 Å². The first kappa shape index (κ1) is 20.3. The van der Waals surface area contributed by atoms with Gasteiger partial charge >= 0.3 is 0 Å². The number of hydroxylamine groups is 2. The van der Waals surface area contributed by atoms with Crippen LogP contribution in [-0.2, 0) is 9.59 Å². The highest BCUT2D eigenvalue weighted by Crippen LogP contribution is 2.30. The zero-order valence-corrected chi connectivity index (χ0v) is 15.8. The predicted molar refractivity (Wildman–Crippen MR) is 98.4 cm³/mol. The van der Waals surface area contributed by atoms with Gasteiger partial charge in [0.15, 0.2) is 0 Å². The van der Waals surface area contributed by atoms with Gasteiger partial charge in [-0.25, -0.2) is 14.5 Å².